The van der Waals surface area contributed by atoms with Gasteiger partial charge in [-0.2, -0.15) is 5.01 Å². The zero-order valence-electron chi connectivity index (χ0n) is 15.0. The summed E-state index contributed by atoms with van der Waals surface area (Å²) in [6.45, 7) is 3.63. The standard InChI is InChI=1S/C18H19N5O4/c1-3-26-17(24)21-23(18(25)27-4-2)15-14(13-9-6-5-7-10-13)20-16-19-11-8-12-22(15)16/h5-12H,3-4H2,1-2H3,(H,21,24). The molecule has 140 valence electrons. The first-order chi connectivity index (χ1) is 13.2. The number of imidazole rings is 1. The third kappa shape index (κ3) is 3.81. The number of ether oxygens (including phenoxy) is 2. The number of benzene rings is 1. The van der Waals surface area contributed by atoms with Gasteiger partial charge >= 0.3 is 12.2 Å². The van der Waals surface area contributed by atoms with E-state index >= 15 is 0 Å². The third-order valence-electron chi connectivity index (χ3n) is 3.57. The average Bonchev–Trinajstić information content (AvgIpc) is 3.06. The van der Waals surface area contributed by atoms with Crippen LogP contribution in [0.25, 0.3) is 17.0 Å². The van der Waals surface area contributed by atoms with Crippen molar-refractivity contribution in [3.05, 3.63) is 48.8 Å². The molecule has 0 aliphatic rings. The number of nitrogens with one attached hydrogen (secondary N) is 1. The van der Waals surface area contributed by atoms with Crippen molar-refractivity contribution in [3.63, 3.8) is 0 Å². The lowest BCUT2D eigenvalue weighted by Crippen LogP contribution is -2.48. The van der Waals surface area contributed by atoms with Gasteiger partial charge in [-0.25, -0.2) is 25.0 Å². The molecule has 0 saturated carbocycles. The second-order valence-corrected chi connectivity index (χ2v) is 5.31. The van der Waals surface area contributed by atoms with Gasteiger partial charge in [0, 0.05) is 18.0 Å². The second kappa shape index (κ2) is 8.17. The Balaban J connectivity index is 2.17. The second-order valence-electron chi connectivity index (χ2n) is 5.31. The van der Waals surface area contributed by atoms with E-state index in [4.69, 9.17) is 9.47 Å². The first-order valence-corrected chi connectivity index (χ1v) is 8.44. The zero-order valence-corrected chi connectivity index (χ0v) is 15.0. The van der Waals surface area contributed by atoms with E-state index in [0.717, 1.165) is 10.6 Å². The van der Waals surface area contributed by atoms with E-state index in [-0.39, 0.29) is 19.0 Å². The highest BCUT2D eigenvalue weighted by Crippen LogP contribution is 2.30. The summed E-state index contributed by atoms with van der Waals surface area (Å²) in [6, 6.07) is 11.0. The molecule has 1 N–H and O–H groups in total. The van der Waals surface area contributed by atoms with Gasteiger partial charge < -0.3 is 9.47 Å². The predicted octanol–water partition coefficient (Wildman–Crippen LogP) is 3.02. The first kappa shape index (κ1) is 18.2. The number of fused-ring (bicyclic) bond motifs is 1. The van der Waals surface area contributed by atoms with E-state index in [1.165, 1.54) is 0 Å². The minimum Gasteiger partial charge on any atom is -0.449 e. The van der Waals surface area contributed by atoms with Crippen LogP contribution in [0, 0.1) is 0 Å². The summed E-state index contributed by atoms with van der Waals surface area (Å²) in [5.74, 6) is 0.655. The van der Waals surface area contributed by atoms with Crippen molar-refractivity contribution < 1.29 is 19.1 Å². The summed E-state index contributed by atoms with van der Waals surface area (Å²) in [7, 11) is 0. The van der Waals surface area contributed by atoms with E-state index in [0.29, 0.717) is 11.5 Å². The highest BCUT2D eigenvalue weighted by atomic mass is 16.6. The molecule has 0 saturated heterocycles. The number of anilines is 1. The Hall–Kier alpha value is -3.62. The fourth-order valence-corrected chi connectivity index (χ4v) is 2.51. The molecule has 2 amide bonds. The van der Waals surface area contributed by atoms with Crippen LogP contribution in [0.4, 0.5) is 15.4 Å². The van der Waals surface area contributed by atoms with E-state index < -0.39 is 12.2 Å². The van der Waals surface area contributed by atoms with Gasteiger partial charge in [0.1, 0.15) is 5.69 Å². The van der Waals surface area contributed by atoms with Crippen molar-refractivity contribution in [1.29, 1.82) is 0 Å². The van der Waals surface area contributed by atoms with Gasteiger partial charge in [-0.05, 0) is 19.9 Å². The van der Waals surface area contributed by atoms with E-state index in [2.05, 4.69) is 15.4 Å². The van der Waals surface area contributed by atoms with Crippen molar-refractivity contribution in [1.82, 2.24) is 19.8 Å². The van der Waals surface area contributed by atoms with Gasteiger partial charge in [0.05, 0.1) is 13.2 Å². The molecule has 9 nitrogen and oxygen atoms in total. The minimum absolute atomic E-state index is 0.134. The molecule has 0 fully saturated rings. The molecule has 1 aromatic carbocycles. The van der Waals surface area contributed by atoms with Crippen molar-refractivity contribution in [2.24, 2.45) is 0 Å². The molecule has 2 heterocycles. The maximum atomic E-state index is 12.6. The normalized spacial score (nSPS) is 10.4. The van der Waals surface area contributed by atoms with Gasteiger partial charge in [0.15, 0.2) is 5.82 Å². The molecule has 0 radical (unpaired) electrons. The number of rotatable bonds is 4. The predicted molar refractivity (Wildman–Crippen MR) is 98.1 cm³/mol. The fraction of sp³-hybridized carbons (Fsp3) is 0.222. The molecule has 0 spiro atoms. The zero-order chi connectivity index (χ0) is 19.2. The molecule has 0 aliphatic carbocycles. The fourth-order valence-electron chi connectivity index (χ4n) is 2.51. The average molecular weight is 369 g/mol. The van der Waals surface area contributed by atoms with Crippen molar-refractivity contribution >= 4 is 23.8 Å². The van der Waals surface area contributed by atoms with E-state index in [9.17, 15) is 9.59 Å². The highest BCUT2D eigenvalue weighted by Gasteiger charge is 2.28. The highest BCUT2D eigenvalue weighted by molar-refractivity contribution is 5.94. The molecule has 0 aliphatic heterocycles. The number of hydrogen-bond acceptors (Lipinski definition) is 6. The summed E-state index contributed by atoms with van der Waals surface area (Å²) >= 11 is 0. The van der Waals surface area contributed by atoms with Crippen LogP contribution in [0.2, 0.25) is 0 Å². The van der Waals surface area contributed by atoms with Gasteiger partial charge in [-0.15, -0.1) is 0 Å². The summed E-state index contributed by atoms with van der Waals surface area (Å²) in [4.78, 5) is 33.3. The topological polar surface area (TPSA) is 98.1 Å². The Labute approximate surface area is 155 Å². The van der Waals surface area contributed by atoms with Gasteiger partial charge in [-0.1, -0.05) is 30.3 Å². The quantitative estimate of drug-likeness (QED) is 0.710. The molecular weight excluding hydrogens is 350 g/mol. The van der Waals surface area contributed by atoms with Gasteiger partial charge in [-0.3, -0.25) is 4.40 Å². The lowest BCUT2D eigenvalue weighted by Gasteiger charge is -2.22. The minimum atomic E-state index is -0.789. The maximum absolute atomic E-state index is 12.6. The summed E-state index contributed by atoms with van der Waals surface area (Å²) in [5.41, 5.74) is 3.62. The molecule has 2 aromatic heterocycles. The van der Waals surface area contributed by atoms with Crippen LogP contribution in [0.1, 0.15) is 13.8 Å². The van der Waals surface area contributed by atoms with Crippen LogP contribution in [0.3, 0.4) is 0 Å². The smallest absolute Gasteiger partial charge is 0.435 e. The van der Waals surface area contributed by atoms with Crippen LogP contribution < -0.4 is 10.4 Å². The molecule has 0 bridgehead atoms. The van der Waals surface area contributed by atoms with E-state index in [1.807, 2.05) is 30.3 Å². The Morgan fingerprint density at radius 1 is 1.11 bits per heavy atom. The Morgan fingerprint density at radius 2 is 1.85 bits per heavy atom. The molecule has 0 atom stereocenters. The lowest BCUT2D eigenvalue weighted by atomic mass is 10.1. The summed E-state index contributed by atoms with van der Waals surface area (Å²) in [5, 5.41) is 0.978. The molecule has 3 rings (SSSR count). The van der Waals surface area contributed by atoms with Crippen LogP contribution in [0.15, 0.2) is 48.8 Å². The molecule has 0 unspecified atom stereocenters. The molecule has 27 heavy (non-hydrogen) atoms. The number of hydrazine groups is 1. The van der Waals surface area contributed by atoms with Crippen LogP contribution in [-0.2, 0) is 9.47 Å². The SMILES string of the molecule is CCOC(=O)NN(C(=O)OCC)c1c(-c2ccccc2)nc2ncccn12. The van der Waals surface area contributed by atoms with Crippen LogP contribution in [-0.4, -0.2) is 39.8 Å². The summed E-state index contributed by atoms with van der Waals surface area (Å²) in [6.07, 6.45) is 1.72. The number of nitrogens with zero attached hydrogens (tertiary/aromatic N) is 4. The van der Waals surface area contributed by atoms with E-state index in [1.54, 1.807) is 36.7 Å². The van der Waals surface area contributed by atoms with Crippen molar-refractivity contribution in [2.45, 2.75) is 13.8 Å². The van der Waals surface area contributed by atoms with Crippen LogP contribution >= 0.6 is 0 Å². The Morgan fingerprint density at radius 3 is 2.56 bits per heavy atom. The summed E-state index contributed by atoms with van der Waals surface area (Å²) < 4.78 is 11.6. The van der Waals surface area contributed by atoms with Gasteiger partial charge in [0.2, 0.25) is 5.78 Å². The molecular formula is C18H19N5O4. The number of amides is 2. The van der Waals surface area contributed by atoms with Crippen LogP contribution in [0.5, 0.6) is 0 Å². The largest absolute Gasteiger partial charge is 0.449 e. The van der Waals surface area contributed by atoms with Crippen molar-refractivity contribution in [2.75, 3.05) is 18.2 Å². The lowest BCUT2D eigenvalue weighted by molar-refractivity contribution is 0.138. The first-order valence-electron chi connectivity index (χ1n) is 8.44. The number of aromatic nitrogens is 3. The molecule has 9 heteroatoms. The Kier molecular flexibility index (Phi) is 5.50. The Bertz CT molecular complexity index is 941. The van der Waals surface area contributed by atoms with Gasteiger partial charge in [0.25, 0.3) is 0 Å². The monoisotopic (exact) mass is 369 g/mol. The number of carbonyl (C=O) groups is 2. The third-order valence-corrected chi connectivity index (χ3v) is 3.57. The van der Waals surface area contributed by atoms with Crippen molar-refractivity contribution in [3.8, 4) is 11.3 Å². The number of hydrogen-bond donors (Lipinski definition) is 1. The maximum Gasteiger partial charge on any atom is 0.435 e. The molecule has 3 aromatic rings. The number of carbonyl (C=O) groups excluding carboxylic acids is 2.